The average molecular weight is 385 g/mol. The zero-order valence-electron chi connectivity index (χ0n) is 11.5. The topological polar surface area (TPSA) is 98.5 Å². The fourth-order valence-corrected chi connectivity index (χ4v) is 2.93. The predicted molar refractivity (Wildman–Crippen MR) is 86.5 cm³/mol. The quantitative estimate of drug-likeness (QED) is 0.844. The molecule has 1 amide bonds. The van der Waals surface area contributed by atoms with Crippen LogP contribution in [0.1, 0.15) is 10.4 Å². The first-order valence-corrected chi connectivity index (χ1v) is 8.43. The standard InChI is InChI=1S/C14H13BrN2O4S/c1-21-12-6-5-11(8-13(12)22(16,19)20)17-14(18)9-3-2-4-10(15)7-9/h2-8H,1H3,(H,17,18)(H2,16,19,20). The Morgan fingerprint density at radius 2 is 1.95 bits per heavy atom. The summed E-state index contributed by atoms with van der Waals surface area (Å²) in [7, 11) is -2.62. The number of nitrogens with one attached hydrogen (secondary N) is 1. The van der Waals surface area contributed by atoms with Gasteiger partial charge in [-0.05, 0) is 36.4 Å². The summed E-state index contributed by atoms with van der Waals surface area (Å²) in [5, 5.41) is 7.75. The van der Waals surface area contributed by atoms with E-state index < -0.39 is 10.0 Å². The van der Waals surface area contributed by atoms with Crippen LogP contribution in [0.25, 0.3) is 0 Å². The van der Waals surface area contributed by atoms with Crippen LogP contribution in [0.5, 0.6) is 5.75 Å². The lowest BCUT2D eigenvalue weighted by atomic mass is 10.2. The molecule has 0 unspecified atom stereocenters. The molecule has 0 saturated carbocycles. The number of carbonyl (C=O) groups excluding carboxylic acids is 1. The number of hydrogen-bond acceptors (Lipinski definition) is 4. The van der Waals surface area contributed by atoms with Gasteiger partial charge in [-0.3, -0.25) is 4.79 Å². The molecule has 0 aliphatic rings. The minimum absolute atomic E-state index is 0.114. The minimum atomic E-state index is -3.96. The van der Waals surface area contributed by atoms with Crippen molar-refractivity contribution in [3.05, 3.63) is 52.5 Å². The molecule has 22 heavy (non-hydrogen) atoms. The number of hydrogen-bond donors (Lipinski definition) is 2. The third-order valence-corrected chi connectivity index (χ3v) is 4.24. The SMILES string of the molecule is COc1ccc(NC(=O)c2cccc(Br)c2)cc1S(N)(=O)=O. The van der Waals surface area contributed by atoms with E-state index in [4.69, 9.17) is 9.88 Å². The molecule has 2 aromatic rings. The van der Waals surface area contributed by atoms with E-state index in [1.54, 1.807) is 24.3 Å². The molecule has 0 radical (unpaired) electrons. The Morgan fingerprint density at radius 3 is 2.55 bits per heavy atom. The van der Waals surface area contributed by atoms with Gasteiger partial charge in [-0.1, -0.05) is 22.0 Å². The van der Waals surface area contributed by atoms with E-state index in [2.05, 4.69) is 21.2 Å². The number of halogens is 1. The fourth-order valence-electron chi connectivity index (χ4n) is 1.81. The van der Waals surface area contributed by atoms with Gasteiger partial charge in [0.05, 0.1) is 7.11 Å². The smallest absolute Gasteiger partial charge is 0.255 e. The van der Waals surface area contributed by atoms with E-state index in [0.717, 1.165) is 4.47 Å². The maximum absolute atomic E-state index is 12.1. The molecule has 0 heterocycles. The lowest BCUT2D eigenvalue weighted by Gasteiger charge is -2.10. The molecule has 0 bridgehead atoms. The first-order valence-electron chi connectivity index (χ1n) is 6.09. The van der Waals surface area contributed by atoms with Gasteiger partial charge in [0.15, 0.2) is 0 Å². The summed E-state index contributed by atoms with van der Waals surface area (Å²) in [5.41, 5.74) is 0.733. The second kappa shape index (κ2) is 6.47. The van der Waals surface area contributed by atoms with Gasteiger partial charge in [-0.15, -0.1) is 0 Å². The van der Waals surface area contributed by atoms with Crippen molar-refractivity contribution in [2.45, 2.75) is 4.90 Å². The molecule has 2 rings (SSSR count). The lowest BCUT2D eigenvalue weighted by Crippen LogP contribution is -2.15. The van der Waals surface area contributed by atoms with Crippen LogP contribution in [0, 0.1) is 0 Å². The highest BCUT2D eigenvalue weighted by molar-refractivity contribution is 9.10. The number of sulfonamides is 1. The molecular formula is C14H13BrN2O4S. The Labute approximate surface area is 136 Å². The van der Waals surface area contributed by atoms with Crippen molar-refractivity contribution in [1.82, 2.24) is 0 Å². The Hall–Kier alpha value is -1.90. The zero-order chi connectivity index (χ0) is 16.3. The Bertz CT molecular complexity index is 821. The highest BCUT2D eigenvalue weighted by Gasteiger charge is 2.16. The Balaban J connectivity index is 2.33. The van der Waals surface area contributed by atoms with Crippen LogP contribution in [0.4, 0.5) is 5.69 Å². The van der Waals surface area contributed by atoms with Gasteiger partial charge in [0.25, 0.3) is 5.91 Å². The molecule has 0 atom stereocenters. The van der Waals surface area contributed by atoms with Crippen LogP contribution in [0.15, 0.2) is 51.8 Å². The molecule has 0 spiro atoms. The summed E-state index contributed by atoms with van der Waals surface area (Å²) in [6, 6.07) is 11.0. The third kappa shape index (κ3) is 3.85. The van der Waals surface area contributed by atoms with Gasteiger partial charge < -0.3 is 10.1 Å². The number of carbonyl (C=O) groups is 1. The summed E-state index contributed by atoms with van der Waals surface area (Å²) in [4.78, 5) is 11.9. The number of benzene rings is 2. The van der Waals surface area contributed by atoms with Gasteiger partial charge in [0.1, 0.15) is 10.6 Å². The van der Waals surface area contributed by atoms with Gasteiger partial charge in [0, 0.05) is 15.7 Å². The van der Waals surface area contributed by atoms with Gasteiger partial charge in [-0.25, -0.2) is 13.6 Å². The van der Waals surface area contributed by atoms with E-state index in [-0.39, 0.29) is 16.6 Å². The summed E-state index contributed by atoms with van der Waals surface area (Å²) in [6.45, 7) is 0. The van der Waals surface area contributed by atoms with E-state index in [9.17, 15) is 13.2 Å². The van der Waals surface area contributed by atoms with Crippen molar-refractivity contribution in [3.8, 4) is 5.75 Å². The third-order valence-electron chi connectivity index (χ3n) is 2.81. The van der Waals surface area contributed by atoms with Gasteiger partial charge in [0.2, 0.25) is 10.0 Å². The molecule has 0 aromatic heterocycles. The zero-order valence-corrected chi connectivity index (χ0v) is 13.9. The molecule has 3 N–H and O–H groups in total. The molecule has 0 aliphatic heterocycles. The monoisotopic (exact) mass is 384 g/mol. The number of nitrogens with two attached hydrogens (primary N) is 1. The van der Waals surface area contributed by atoms with E-state index in [0.29, 0.717) is 11.3 Å². The van der Waals surface area contributed by atoms with Crippen LogP contribution in [0.2, 0.25) is 0 Å². The van der Waals surface area contributed by atoms with Crippen LogP contribution in [-0.4, -0.2) is 21.4 Å². The molecular weight excluding hydrogens is 372 g/mol. The molecule has 0 fully saturated rings. The predicted octanol–water partition coefficient (Wildman–Crippen LogP) is 2.36. The molecule has 2 aromatic carbocycles. The Morgan fingerprint density at radius 1 is 1.23 bits per heavy atom. The summed E-state index contributed by atoms with van der Waals surface area (Å²) >= 11 is 3.28. The molecule has 116 valence electrons. The molecule has 6 nitrogen and oxygen atoms in total. The number of anilines is 1. The van der Waals surface area contributed by atoms with Crippen LogP contribution in [-0.2, 0) is 10.0 Å². The highest BCUT2D eigenvalue weighted by atomic mass is 79.9. The second-order valence-corrected chi connectivity index (χ2v) is 6.82. The van der Waals surface area contributed by atoms with Crippen molar-refractivity contribution < 1.29 is 17.9 Å². The largest absolute Gasteiger partial charge is 0.495 e. The Kier molecular flexibility index (Phi) is 4.84. The second-order valence-electron chi connectivity index (χ2n) is 4.38. The van der Waals surface area contributed by atoms with Crippen molar-refractivity contribution in [2.24, 2.45) is 5.14 Å². The molecule has 0 saturated heterocycles. The maximum atomic E-state index is 12.1. The van der Waals surface area contributed by atoms with Crippen molar-refractivity contribution in [1.29, 1.82) is 0 Å². The van der Waals surface area contributed by atoms with Crippen molar-refractivity contribution in [3.63, 3.8) is 0 Å². The average Bonchev–Trinajstić information content (AvgIpc) is 2.46. The summed E-state index contributed by atoms with van der Waals surface area (Å²) < 4.78 is 28.8. The molecule has 8 heteroatoms. The van der Waals surface area contributed by atoms with Crippen LogP contribution < -0.4 is 15.2 Å². The lowest BCUT2D eigenvalue weighted by molar-refractivity contribution is 0.102. The normalized spacial score (nSPS) is 11.0. The fraction of sp³-hybridized carbons (Fsp3) is 0.0714. The number of methoxy groups -OCH3 is 1. The van der Waals surface area contributed by atoms with Crippen LogP contribution in [0.3, 0.4) is 0 Å². The molecule has 0 aliphatic carbocycles. The minimum Gasteiger partial charge on any atom is -0.495 e. The van der Waals surface area contributed by atoms with Crippen LogP contribution >= 0.6 is 15.9 Å². The van der Waals surface area contributed by atoms with E-state index in [1.165, 1.54) is 25.3 Å². The van der Waals surface area contributed by atoms with Gasteiger partial charge in [-0.2, -0.15) is 0 Å². The van der Waals surface area contributed by atoms with Crippen molar-refractivity contribution >= 4 is 37.5 Å². The van der Waals surface area contributed by atoms with Crippen molar-refractivity contribution in [2.75, 3.05) is 12.4 Å². The summed E-state index contributed by atoms with van der Waals surface area (Å²) in [6.07, 6.45) is 0. The number of ether oxygens (including phenoxy) is 1. The highest BCUT2D eigenvalue weighted by Crippen LogP contribution is 2.26. The van der Waals surface area contributed by atoms with E-state index in [1.807, 2.05) is 0 Å². The number of primary sulfonamides is 1. The van der Waals surface area contributed by atoms with Gasteiger partial charge >= 0.3 is 0 Å². The number of rotatable bonds is 4. The first kappa shape index (κ1) is 16.5. The van der Waals surface area contributed by atoms with E-state index >= 15 is 0 Å². The number of amides is 1. The summed E-state index contributed by atoms with van der Waals surface area (Å²) in [5.74, 6) is -0.255. The first-order chi connectivity index (χ1) is 10.3. The maximum Gasteiger partial charge on any atom is 0.255 e.